The summed E-state index contributed by atoms with van der Waals surface area (Å²) in [5, 5.41) is 5.07. The standard InChI is InChI=1S/C12H9Cl2N3O2S/c13-9-5-8(10(14)20-9)11(18)16-6-2-1-3-7(4-6)17-12(15)19/h1-5H,(H,16,18)(H3,15,17,19). The molecule has 1 aromatic heterocycles. The number of nitrogens with two attached hydrogens (primary N) is 1. The van der Waals surface area contributed by atoms with Crippen molar-refractivity contribution in [3.05, 3.63) is 44.6 Å². The van der Waals surface area contributed by atoms with E-state index in [1.165, 1.54) is 6.07 Å². The normalized spacial score (nSPS) is 10.1. The van der Waals surface area contributed by atoms with Gasteiger partial charge in [-0.15, -0.1) is 11.3 Å². The molecule has 0 saturated carbocycles. The van der Waals surface area contributed by atoms with Crippen molar-refractivity contribution in [1.29, 1.82) is 0 Å². The monoisotopic (exact) mass is 329 g/mol. The minimum atomic E-state index is -0.680. The molecule has 20 heavy (non-hydrogen) atoms. The molecule has 0 aliphatic heterocycles. The maximum atomic E-state index is 12.0. The van der Waals surface area contributed by atoms with Gasteiger partial charge in [0.05, 0.1) is 9.90 Å². The van der Waals surface area contributed by atoms with Crippen LogP contribution in [0.15, 0.2) is 30.3 Å². The fourth-order valence-electron chi connectivity index (χ4n) is 1.51. The molecule has 104 valence electrons. The van der Waals surface area contributed by atoms with Gasteiger partial charge in [0.1, 0.15) is 4.34 Å². The molecule has 5 nitrogen and oxygen atoms in total. The van der Waals surface area contributed by atoms with Crippen LogP contribution in [-0.2, 0) is 0 Å². The summed E-state index contributed by atoms with van der Waals surface area (Å²) in [4.78, 5) is 22.8. The van der Waals surface area contributed by atoms with E-state index in [-0.39, 0.29) is 5.91 Å². The Morgan fingerprint density at radius 1 is 1.10 bits per heavy atom. The number of anilines is 2. The summed E-state index contributed by atoms with van der Waals surface area (Å²) in [6.07, 6.45) is 0. The number of hydrogen-bond donors (Lipinski definition) is 3. The first kappa shape index (κ1) is 14.6. The average molecular weight is 330 g/mol. The summed E-state index contributed by atoms with van der Waals surface area (Å²) in [5.74, 6) is -0.380. The fraction of sp³-hybridized carbons (Fsp3) is 0. The van der Waals surface area contributed by atoms with Crippen molar-refractivity contribution in [2.24, 2.45) is 5.73 Å². The third-order valence-electron chi connectivity index (χ3n) is 2.29. The number of benzene rings is 1. The van der Waals surface area contributed by atoms with Crippen molar-refractivity contribution >= 4 is 57.9 Å². The van der Waals surface area contributed by atoms with E-state index in [0.717, 1.165) is 11.3 Å². The average Bonchev–Trinajstić information content (AvgIpc) is 2.68. The van der Waals surface area contributed by atoms with Crippen molar-refractivity contribution in [3.63, 3.8) is 0 Å². The Bertz CT molecular complexity index is 672. The highest BCUT2D eigenvalue weighted by Crippen LogP contribution is 2.31. The van der Waals surface area contributed by atoms with Crippen LogP contribution in [0.3, 0.4) is 0 Å². The van der Waals surface area contributed by atoms with E-state index in [2.05, 4.69) is 10.6 Å². The third kappa shape index (κ3) is 3.63. The van der Waals surface area contributed by atoms with Crippen molar-refractivity contribution in [2.75, 3.05) is 10.6 Å². The zero-order chi connectivity index (χ0) is 14.7. The summed E-state index contributed by atoms with van der Waals surface area (Å²) in [5.41, 5.74) is 6.30. The maximum Gasteiger partial charge on any atom is 0.316 e. The molecule has 0 radical (unpaired) electrons. The Labute approximate surface area is 128 Å². The van der Waals surface area contributed by atoms with Crippen LogP contribution in [-0.4, -0.2) is 11.9 Å². The van der Waals surface area contributed by atoms with Crippen LogP contribution < -0.4 is 16.4 Å². The highest BCUT2D eigenvalue weighted by Gasteiger charge is 2.14. The van der Waals surface area contributed by atoms with Crippen molar-refractivity contribution in [2.45, 2.75) is 0 Å². The first-order valence-electron chi connectivity index (χ1n) is 5.38. The summed E-state index contributed by atoms with van der Waals surface area (Å²) in [6.45, 7) is 0. The molecule has 0 saturated heterocycles. The van der Waals surface area contributed by atoms with E-state index in [1.807, 2.05) is 0 Å². The minimum Gasteiger partial charge on any atom is -0.351 e. The zero-order valence-corrected chi connectivity index (χ0v) is 12.3. The Morgan fingerprint density at radius 2 is 1.75 bits per heavy atom. The van der Waals surface area contributed by atoms with Gasteiger partial charge in [-0.2, -0.15) is 0 Å². The van der Waals surface area contributed by atoms with E-state index in [9.17, 15) is 9.59 Å². The summed E-state index contributed by atoms with van der Waals surface area (Å²) >= 11 is 12.8. The third-order valence-corrected chi connectivity index (χ3v) is 3.78. The van der Waals surface area contributed by atoms with Gasteiger partial charge in [-0.25, -0.2) is 4.79 Å². The summed E-state index contributed by atoms with van der Waals surface area (Å²) in [7, 11) is 0. The van der Waals surface area contributed by atoms with Gasteiger partial charge in [-0.1, -0.05) is 29.3 Å². The van der Waals surface area contributed by atoms with Gasteiger partial charge in [0.2, 0.25) is 0 Å². The lowest BCUT2D eigenvalue weighted by Crippen LogP contribution is -2.19. The van der Waals surface area contributed by atoms with Gasteiger partial charge >= 0.3 is 6.03 Å². The quantitative estimate of drug-likeness (QED) is 0.800. The fourth-order valence-corrected chi connectivity index (χ4v) is 2.97. The molecule has 0 spiro atoms. The molecule has 0 fully saturated rings. The predicted molar refractivity (Wildman–Crippen MR) is 81.9 cm³/mol. The molecule has 0 aliphatic carbocycles. The molecule has 0 unspecified atom stereocenters. The van der Waals surface area contributed by atoms with Gasteiger partial charge in [-0.3, -0.25) is 4.79 Å². The van der Waals surface area contributed by atoms with Gasteiger partial charge in [0, 0.05) is 11.4 Å². The van der Waals surface area contributed by atoms with E-state index >= 15 is 0 Å². The Kier molecular flexibility index (Phi) is 4.49. The van der Waals surface area contributed by atoms with E-state index in [0.29, 0.717) is 25.6 Å². The Balaban J connectivity index is 2.15. The van der Waals surface area contributed by atoms with Gasteiger partial charge < -0.3 is 16.4 Å². The highest BCUT2D eigenvalue weighted by atomic mass is 35.5. The Hall–Kier alpha value is -1.76. The van der Waals surface area contributed by atoms with E-state index in [4.69, 9.17) is 28.9 Å². The number of rotatable bonds is 3. The van der Waals surface area contributed by atoms with Crippen molar-refractivity contribution in [3.8, 4) is 0 Å². The summed E-state index contributed by atoms with van der Waals surface area (Å²) in [6, 6.07) is 7.38. The van der Waals surface area contributed by atoms with Gasteiger partial charge in [-0.05, 0) is 24.3 Å². The second-order valence-electron chi connectivity index (χ2n) is 3.76. The number of amides is 3. The van der Waals surface area contributed by atoms with Crippen molar-refractivity contribution < 1.29 is 9.59 Å². The van der Waals surface area contributed by atoms with Crippen LogP contribution in [0.4, 0.5) is 16.2 Å². The maximum absolute atomic E-state index is 12.0. The first-order chi connectivity index (χ1) is 9.45. The van der Waals surface area contributed by atoms with Crippen LogP contribution >= 0.6 is 34.5 Å². The number of nitrogens with one attached hydrogen (secondary N) is 2. The molecule has 4 N–H and O–H groups in total. The van der Waals surface area contributed by atoms with Gasteiger partial charge in [0.15, 0.2) is 0 Å². The minimum absolute atomic E-state index is 0.301. The molecule has 0 atom stereocenters. The molecule has 1 aromatic carbocycles. The Morgan fingerprint density at radius 3 is 2.30 bits per heavy atom. The molecule has 0 bridgehead atoms. The SMILES string of the molecule is NC(=O)Nc1cccc(NC(=O)c2cc(Cl)sc2Cl)c1. The van der Waals surface area contributed by atoms with Crippen LogP contribution in [0.5, 0.6) is 0 Å². The second-order valence-corrected chi connectivity index (χ2v) is 6.05. The molecule has 8 heteroatoms. The van der Waals surface area contributed by atoms with E-state index < -0.39 is 6.03 Å². The first-order valence-corrected chi connectivity index (χ1v) is 6.95. The molecule has 2 aromatic rings. The second kappa shape index (κ2) is 6.13. The molecular weight excluding hydrogens is 321 g/mol. The van der Waals surface area contributed by atoms with Crippen LogP contribution in [0.2, 0.25) is 8.67 Å². The molecule has 2 rings (SSSR count). The lowest BCUT2D eigenvalue weighted by molar-refractivity contribution is 0.102. The van der Waals surface area contributed by atoms with E-state index in [1.54, 1.807) is 24.3 Å². The number of thiophene rings is 1. The molecule has 0 aliphatic rings. The molecule has 1 heterocycles. The topological polar surface area (TPSA) is 84.2 Å². The summed E-state index contributed by atoms with van der Waals surface area (Å²) < 4.78 is 0.753. The number of primary amides is 1. The zero-order valence-electron chi connectivity index (χ0n) is 9.94. The lowest BCUT2D eigenvalue weighted by atomic mass is 10.2. The predicted octanol–water partition coefficient (Wildman–Crippen LogP) is 3.80. The van der Waals surface area contributed by atoms with Crippen LogP contribution in [0.25, 0.3) is 0 Å². The highest BCUT2D eigenvalue weighted by molar-refractivity contribution is 7.20. The van der Waals surface area contributed by atoms with Crippen molar-refractivity contribution in [1.82, 2.24) is 0 Å². The number of halogens is 2. The lowest BCUT2D eigenvalue weighted by Gasteiger charge is -2.07. The molecule has 3 amide bonds. The number of carbonyl (C=O) groups is 2. The molecular formula is C12H9Cl2N3O2S. The number of urea groups is 1. The smallest absolute Gasteiger partial charge is 0.316 e. The van der Waals surface area contributed by atoms with Crippen LogP contribution in [0, 0.1) is 0 Å². The van der Waals surface area contributed by atoms with Crippen LogP contribution in [0.1, 0.15) is 10.4 Å². The largest absolute Gasteiger partial charge is 0.351 e. The number of carbonyl (C=O) groups excluding carboxylic acids is 2. The number of hydrogen-bond acceptors (Lipinski definition) is 3. The van der Waals surface area contributed by atoms with Gasteiger partial charge in [0.25, 0.3) is 5.91 Å².